The molecular formula is C13H22N2OS. The van der Waals surface area contributed by atoms with Crippen LogP contribution in [0.1, 0.15) is 51.7 Å². The number of amides is 1. The van der Waals surface area contributed by atoms with Crippen LogP contribution in [0, 0.1) is 0 Å². The Morgan fingerprint density at radius 1 is 1.47 bits per heavy atom. The lowest BCUT2D eigenvalue weighted by atomic mass is 9.93. The Morgan fingerprint density at radius 3 is 2.59 bits per heavy atom. The van der Waals surface area contributed by atoms with Crippen LogP contribution in [0.15, 0.2) is 5.38 Å². The highest BCUT2D eigenvalue weighted by atomic mass is 32.1. The molecule has 0 radical (unpaired) electrons. The molecular weight excluding hydrogens is 232 g/mol. The molecule has 1 aromatic heterocycles. The fourth-order valence-corrected chi connectivity index (χ4v) is 2.41. The van der Waals surface area contributed by atoms with Gasteiger partial charge in [-0.25, -0.2) is 4.98 Å². The highest BCUT2D eigenvalue weighted by Gasteiger charge is 2.17. The van der Waals surface area contributed by atoms with Gasteiger partial charge in [0.05, 0.1) is 10.7 Å². The molecule has 1 N–H and O–H groups in total. The quantitative estimate of drug-likeness (QED) is 0.897. The molecule has 0 bridgehead atoms. The lowest BCUT2D eigenvalue weighted by Gasteiger charge is -2.14. The molecule has 1 heterocycles. The van der Waals surface area contributed by atoms with Crippen LogP contribution >= 0.6 is 11.3 Å². The molecule has 0 saturated heterocycles. The lowest BCUT2D eigenvalue weighted by molar-refractivity contribution is -0.121. The largest absolute Gasteiger partial charge is 0.354 e. The predicted octanol–water partition coefficient (Wildman–Crippen LogP) is 2.90. The van der Waals surface area contributed by atoms with Gasteiger partial charge in [-0.15, -0.1) is 11.3 Å². The fraction of sp³-hybridized carbons (Fsp3) is 0.692. The summed E-state index contributed by atoms with van der Waals surface area (Å²) in [6.07, 6.45) is 1.26. The van der Waals surface area contributed by atoms with Crippen molar-refractivity contribution in [3.05, 3.63) is 16.1 Å². The Hall–Kier alpha value is -0.900. The third-order valence-electron chi connectivity index (χ3n) is 2.34. The molecule has 0 spiro atoms. The zero-order valence-corrected chi connectivity index (χ0v) is 12.1. The standard InChI is InChI=1S/C13H22N2OS/c1-9(2)14-11(16)6-7-12-15-10(8-17-12)13(3,4)5/h8-9H,6-7H2,1-5H3,(H,14,16). The Kier molecular flexibility index (Phi) is 4.69. The lowest BCUT2D eigenvalue weighted by Crippen LogP contribution is -2.30. The van der Waals surface area contributed by atoms with E-state index in [0.717, 1.165) is 17.1 Å². The summed E-state index contributed by atoms with van der Waals surface area (Å²) in [6, 6.07) is 0.212. The van der Waals surface area contributed by atoms with Gasteiger partial charge in [-0.05, 0) is 13.8 Å². The molecule has 4 heteroatoms. The van der Waals surface area contributed by atoms with Crippen molar-refractivity contribution in [1.82, 2.24) is 10.3 Å². The number of carbonyl (C=O) groups is 1. The highest BCUT2D eigenvalue weighted by Crippen LogP contribution is 2.24. The van der Waals surface area contributed by atoms with Crippen molar-refractivity contribution in [1.29, 1.82) is 0 Å². The molecule has 1 amide bonds. The van der Waals surface area contributed by atoms with Crippen molar-refractivity contribution in [3.63, 3.8) is 0 Å². The predicted molar refractivity (Wildman–Crippen MR) is 72.4 cm³/mol. The molecule has 0 aromatic carbocycles. The van der Waals surface area contributed by atoms with Gasteiger partial charge in [-0.1, -0.05) is 20.8 Å². The van der Waals surface area contributed by atoms with E-state index in [9.17, 15) is 4.79 Å². The van der Waals surface area contributed by atoms with Gasteiger partial charge in [0.2, 0.25) is 5.91 Å². The van der Waals surface area contributed by atoms with Gasteiger partial charge in [0, 0.05) is 29.7 Å². The molecule has 1 aromatic rings. The zero-order chi connectivity index (χ0) is 13.1. The summed E-state index contributed by atoms with van der Waals surface area (Å²) in [6.45, 7) is 10.4. The van der Waals surface area contributed by atoms with Gasteiger partial charge in [-0.2, -0.15) is 0 Å². The summed E-state index contributed by atoms with van der Waals surface area (Å²) in [4.78, 5) is 16.1. The van der Waals surface area contributed by atoms with Crippen LogP contribution in [0.3, 0.4) is 0 Å². The van der Waals surface area contributed by atoms with Crippen molar-refractivity contribution in [3.8, 4) is 0 Å². The summed E-state index contributed by atoms with van der Waals surface area (Å²) in [5.41, 5.74) is 1.20. The maximum Gasteiger partial charge on any atom is 0.220 e. The minimum atomic E-state index is 0.0922. The van der Waals surface area contributed by atoms with E-state index >= 15 is 0 Å². The van der Waals surface area contributed by atoms with E-state index in [2.05, 4.69) is 36.5 Å². The van der Waals surface area contributed by atoms with E-state index < -0.39 is 0 Å². The molecule has 0 atom stereocenters. The maximum absolute atomic E-state index is 11.5. The van der Waals surface area contributed by atoms with Gasteiger partial charge in [-0.3, -0.25) is 4.79 Å². The first-order chi connectivity index (χ1) is 7.79. The first kappa shape index (κ1) is 14.2. The van der Waals surface area contributed by atoms with Crippen LogP contribution in [0.25, 0.3) is 0 Å². The minimum Gasteiger partial charge on any atom is -0.354 e. The Balaban J connectivity index is 2.48. The second kappa shape index (κ2) is 5.63. The number of rotatable bonds is 4. The number of carbonyl (C=O) groups excluding carboxylic acids is 1. The summed E-state index contributed by atoms with van der Waals surface area (Å²) >= 11 is 1.65. The van der Waals surface area contributed by atoms with Crippen molar-refractivity contribution >= 4 is 17.2 Å². The van der Waals surface area contributed by atoms with Gasteiger partial charge >= 0.3 is 0 Å². The van der Waals surface area contributed by atoms with Gasteiger partial charge in [0.1, 0.15) is 0 Å². The van der Waals surface area contributed by atoms with Gasteiger partial charge in [0.15, 0.2) is 0 Å². The van der Waals surface area contributed by atoms with Crippen molar-refractivity contribution in [2.24, 2.45) is 0 Å². The number of aromatic nitrogens is 1. The van der Waals surface area contributed by atoms with E-state index in [1.165, 1.54) is 0 Å². The second-order valence-electron chi connectivity index (χ2n) is 5.60. The Morgan fingerprint density at radius 2 is 2.12 bits per heavy atom. The van der Waals surface area contributed by atoms with Crippen LogP contribution < -0.4 is 5.32 Å². The third kappa shape index (κ3) is 4.86. The van der Waals surface area contributed by atoms with Gasteiger partial charge in [0.25, 0.3) is 0 Å². The molecule has 96 valence electrons. The first-order valence-corrected chi connectivity index (χ1v) is 6.91. The molecule has 0 fully saturated rings. The molecule has 0 unspecified atom stereocenters. The number of hydrogen-bond donors (Lipinski definition) is 1. The molecule has 0 aliphatic rings. The maximum atomic E-state index is 11.5. The summed E-state index contributed by atoms with van der Waals surface area (Å²) < 4.78 is 0. The van der Waals surface area contributed by atoms with E-state index in [0.29, 0.717) is 6.42 Å². The topological polar surface area (TPSA) is 42.0 Å². The third-order valence-corrected chi connectivity index (χ3v) is 3.24. The van der Waals surface area contributed by atoms with E-state index in [1.807, 2.05) is 13.8 Å². The number of nitrogens with zero attached hydrogens (tertiary/aromatic N) is 1. The first-order valence-electron chi connectivity index (χ1n) is 6.03. The molecule has 0 aliphatic heterocycles. The molecule has 1 rings (SSSR count). The van der Waals surface area contributed by atoms with Crippen LogP contribution in [0.4, 0.5) is 0 Å². The van der Waals surface area contributed by atoms with Crippen LogP contribution in [0.2, 0.25) is 0 Å². The average Bonchev–Trinajstić information content (AvgIpc) is 2.61. The monoisotopic (exact) mass is 254 g/mol. The van der Waals surface area contributed by atoms with Crippen LogP contribution in [0.5, 0.6) is 0 Å². The number of hydrogen-bond acceptors (Lipinski definition) is 3. The smallest absolute Gasteiger partial charge is 0.220 e. The fourth-order valence-electron chi connectivity index (χ4n) is 1.38. The van der Waals surface area contributed by atoms with Crippen molar-refractivity contribution in [2.75, 3.05) is 0 Å². The summed E-state index contributed by atoms with van der Waals surface area (Å²) in [7, 11) is 0. The number of thiazole rings is 1. The van der Waals surface area contributed by atoms with E-state index in [4.69, 9.17) is 0 Å². The molecule has 17 heavy (non-hydrogen) atoms. The van der Waals surface area contributed by atoms with Crippen molar-refractivity contribution < 1.29 is 4.79 Å². The van der Waals surface area contributed by atoms with E-state index in [-0.39, 0.29) is 17.4 Å². The molecule has 0 aliphatic carbocycles. The number of nitrogens with one attached hydrogen (secondary N) is 1. The average molecular weight is 254 g/mol. The SMILES string of the molecule is CC(C)NC(=O)CCc1nc(C(C)(C)C)cs1. The highest BCUT2D eigenvalue weighted by molar-refractivity contribution is 7.09. The zero-order valence-electron chi connectivity index (χ0n) is 11.3. The Labute approximate surface area is 108 Å². The molecule has 3 nitrogen and oxygen atoms in total. The summed E-state index contributed by atoms with van der Waals surface area (Å²) in [5.74, 6) is 0.104. The Bertz CT molecular complexity index is 377. The number of aryl methyl sites for hydroxylation is 1. The normalized spacial score (nSPS) is 11.9. The van der Waals surface area contributed by atoms with Crippen LogP contribution in [-0.2, 0) is 16.6 Å². The van der Waals surface area contributed by atoms with Crippen molar-refractivity contribution in [2.45, 2.75) is 58.9 Å². The van der Waals surface area contributed by atoms with E-state index in [1.54, 1.807) is 11.3 Å². The van der Waals surface area contributed by atoms with Gasteiger partial charge < -0.3 is 5.32 Å². The second-order valence-corrected chi connectivity index (χ2v) is 6.54. The van der Waals surface area contributed by atoms with Crippen LogP contribution in [-0.4, -0.2) is 16.9 Å². The summed E-state index contributed by atoms with van der Waals surface area (Å²) in [5, 5.41) is 6.03. The minimum absolute atomic E-state index is 0.0922. The molecule has 0 saturated carbocycles.